The number of aryl methyl sites for hydroxylation is 2. The Balaban J connectivity index is 1.42. The Morgan fingerprint density at radius 2 is 2.04 bits per heavy atom. The van der Waals surface area contributed by atoms with E-state index in [9.17, 15) is 0 Å². The molecule has 0 spiro atoms. The van der Waals surface area contributed by atoms with Crippen LogP contribution in [0.15, 0.2) is 49.9 Å². The Morgan fingerprint density at radius 3 is 2.81 bits per heavy atom. The van der Waals surface area contributed by atoms with E-state index in [0.29, 0.717) is 17.5 Å². The molecule has 0 amide bonds. The predicted molar refractivity (Wildman–Crippen MR) is 105 cm³/mol. The molecular weight excluding hydrogens is 382 g/mol. The van der Waals surface area contributed by atoms with Crippen molar-refractivity contribution in [1.29, 1.82) is 0 Å². The summed E-state index contributed by atoms with van der Waals surface area (Å²) in [5.74, 6) is 1.54. The van der Waals surface area contributed by atoms with Crippen molar-refractivity contribution in [2.45, 2.75) is 30.4 Å². The van der Waals surface area contributed by atoms with Gasteiger partial charge in [-0.15, -0.1) is 10.2 Å². The first-order chi connectivity index (χ1) is 13.1. The Bertz CT molecular complexity index is 1040. The van der Waals surface area contributed by atoms with Crippen LogP contribution in [0.4, 0.5) is 10.8 Å². The van der Waals surface area contributed by atoms with Crippen molar-refractivity contribution in [1.82, 2.24) is 20.3 Å². The van der Waals surface area contributed by atoms with Gasteiger partial charge >= 0.3 is 0 Å². The molecule has 0 aliphatic heterocycles. The highest BCUT2D eigenvalue weighted by molar-refractivity contribution is 8.01. The number of benzene rings is 1. The van der Waals surface area contributed by atoms with E-state index in [-0.39, 0.29) is 5.25 Å². The smallest absolute Gasteiger partial charge is 0.240 e. The van der Waals surface area contributed by atoms with Crippen molar-refractivity contribution >= 4 is 33.9 Å². The number of hydrogen-bond acceptors (Lipinski definition) is 9. The molecule has 4 rings (SSSR count). The molecule has 0 aliphatic rings. The molecule has 9 heteroatoms. The van der Waals surface area contributed by atoms with Crippen molar-refractivity contribution in [3.8, 4) is 11.6 Å². The molecule has 138 valence electrons. The normalized spacial score (nSPS) is 12.3. The molecule has 0 radical (unpaired) electrons. The number of nitrogens with zero attached hydrogens (tertiary/aromatic N) is 4. The van der Waals surface area contributed by atoms with Gasteiger partial charge in [0.15, 0.2) is 10.1 Å². The first kappa shape index (κ1) is 17.7. The van der Waals surface area contributed by atoms with Crippen LogP contribution in [-0.4, -0.2) is 20.3 Å². The lowest BCUT2D eigenvalue weighted by Gasteiger charge is -2.05. The van der Waals surface area contributed by atoms with E-state index in [4.69, 9.17) is 8.94 Å². The van der Waals surface area contributed by atoms with Crippen LogP contribution in [0.25, 0.3) is 11.6 Å². The number of hydrogen-bond donors (Lipinski definition) is 1. The van der Waals surface area contributed by atoms with Gasteiger partial charge in [-0.2, -0.15) is 4.98 Å². The highest BCUT2D eigenvalue weighted by Gasteiger charge is 2.19. The quantitative estimate of drug-likeness (QED) is 0.431. The molecule has 1 atom stereocenters. The average Bonchev–Trinajstić information content (AvgIpc) is 3.38. The number of furan rings is 1. The van der Waals surface area contributed by atoms with Crippen LogP contribution in [0.3, 0.4) is 0 Å². The minimum atomic E-state index is -0.0522. The van der Waals surface area contributed by atoms with E-state index in [1.807, 2.05) is 13.0 Å². The molecule has 0 bridgehead atoms. The number of rotatable bonds is 6. The summed E-state index contributed by atoms with van der Waals surface area (Å²) < 4.78 is 11.5. The standard InChI is InChI=1S/C18H17N5O2S2/c1-10-6-7-13(9-11(10)2)19-17-21-22-18(27-17)26-12(3)16-20-15(23-25-16)14-5-4-8-24-14/h4-9,12H,1-3H3,(H,19,21). The average molecular weight is 400 g/mol. The summed E-state index contributed by atoms with van der Waals surface area (Å²) in [6.45, 7) is 6.17. The topological polar surface area (TPSA) is 89.9 Å². The maximum atomic E-state index is 5.35. The lowest BCUT2D eigenvalue weighted by Crippen LogP contribution is -1.91. The van der Waals surface area contributed by atoms with Gasteiger partial charge in [0.05, 0.1) is 11.5 Å². The maximum Gasteiger partial charge on any atom is 0.240 e. The Morgan fingerprint density at radius 1 is 1.15 bits per heavy atom. The largest absolute Gasteiger partial charge is 0.461 e. The fraction of sp³-hybridized carbons (Fsp3) is 0.222. The van der Waals surface area contributed by atoms with Gasteiger partial charge < -0.3 is 14.3 Å². The summed E-state index contributed by atoms with van der Waals surface area (Å²) >= 11 is 3.01. The highest BCUT2D eigenvalue weighted by atomic mass is 32.2. The molecule has 3 heterocycles. The van der Waals surface area contributed by atoms with Gasteiger partial charge in [-0.1, -0.05) is 34.3 Å². The minimum Gasteiger partial charge on any atom is -0.461 e. The van der Waals surface area contributed by atoms with Crippen molar-refractivity contribution in [2.75, 3.05) is 5.32 Å². The fourth-order valence-electron chi connectivity index (χ4n) is 2.36. The third-order valence-corrected chi connectivity index (χ3v) is 5.98. The Kier molecular flexibility index (Phi) is 4.95. The van der Waals surface area contributed by atoms with Crippen molar-refractivity contribution < 1.29 is 8.94 Å². The zero-order valence-electron chi connectivity index (χ0n) is 15.0. The van der Waals surface area contributed by atoms with Crippen LogP contribution in [0.5, 0.6) is 0 Å². The molecule has 0 saturated heterocycles. The highest BCUT2D eigenvalue weighted by Crippen LogP contribution is 2.37. The van der Waals surface area contributed by atoms with E-state index >= 15 is 0 Å². The number of aromatic nitrogens is 4. The van der Waals surface area contributed by atoms with Crippen LogP contribution in [0.1, 0.15) is 29.2 Å². The van der Waals surface area contributed by atoms with Crippen molar-refractivity contribution in [3.63, 3.8) is 0 Å². The third kappa shape index (κ3) is 4.04. The van der Waals surface area contributed by atoms with Gasteiger partial charge in [0.2, 0.25) is 16.8 Å². The lowest BCUT2D eigenvalue weighted by atomic mass is 10.1. The first-order valence-corrected chi connectivity index (χ1v) is 10.00. The zero-order valence-corrected chi connectivity index (χ0v) is 16.6. The van der Waals surface area contributed by atoms with E-state index < -0.39 is 0 Å². The summed E-state index contributed by atoms with van der Waals surface area (Å²) in [6.07, 6.45) is 1.58. The van der Waals surface area contributed by atoms with Crippen LogP contribution < -0.4 is 5.32 Å². The molecule has 7 nitrogen and oxygen atoms in total. The summed E-state index contributed by atoms with van der Waals surface area (Å²) in [7, 11) is 0. The van der Waals surface area contributed by atoms with Gasteiger partial charge in [-0.3, -0.25) is 0 Å². The summed E-state index contributed by atoms with van der Waals surface area (Å²) in [5, 5.41) is 16.4. The van der Waals surface area contributed by atoms with Crippen LogP contribution in [-0.2, 0) is 0 Å². The number of anilines is 2. The van der Waals surface area contributed by atoms with Crippen LogP contribution in [0, 0.1) is 13.8 Å². The number of nitrogens with one attached hydrogen (secondary N) is 1. The van der Waals surface area contributed by atoms with Gasteiger partial charge in [-0.25, -0.2) is 0 Å². The van der Waals surface area contributed by atoms with Crippen LogP contribution in [0.2, 0.25) is 0 Å². The van der Waals surface area contributed by atoms with Crippen molar-refractivity contribution in [2.24, 2.45) is 0 Å². The van der Waals surface area contributed by atoms with Gasteiger partial charge in [-0.05, 0) is 56.2 Å². The molecule has 1 unspecified atom stereocenters. The first-order valence-electron chi connectivity index (χ1n) is 8.30. The second kappa shape index (κ2) is 7.53. The van der Waals surface area contributed by atoms with Crippen molar-refractivity contribution in [3.05, 3.63) is 53.6 Å². The molecule has 0 fully saturated rings. The molecular formula is C18H17N5O2S2. The molecule has 0 aliphatic carbocycles. The Labute approximate surface area is 164 Å². The van der Waals surface area contributed by atoms with E-state index in [1.165, 1.54) is 34.2 Å². The number of thioether (sulfide) groups is 1. The molecule has 0 saturated carbocycles. The summed E-state index contributed by atoms with van der Waals surface area (Å²) in [4.78, 5) is 4.39. The second-order valence-electron chi connectivity index (χ2n) is 5.99. The zero-order chi connectivity index (χ0) is 18.8. The van der Waals surface area contributed by atoms with Gasteiger partial charge in [0.1, 0.15) is 0 Å². The van der Waals surface area contributed by atoms with E-state index in [1.54, 1.807) is 18.4 Å². The molecule has 1 aromatic carbocycles. The molecule has 3 aromatic heterocycles. The molecule has 1 N–H and O–H groups in total. The summed E-state index contributed by atoms with van der Waals surface area (Å²) in [5.41, 5.74) is 3.49. The summed E-state index contributed by atoms with van der Waals surface area (Å²) in [6, 6.07) is 9.80. The second-order valence-corrected chi connectivity index (χ2v) is 8.56. The monoisotopic (exact) mass is 399 g/mol. The fourth-order valence-corrected chi connectivity index (χ4v) is 4.31. The minimum absolute atomic E-state index is 0.0522. The lowest BCUT2D eigenvalue weighted by molar-refractivity contribution is 0.379. The maximum absolute atomic E-state index is 5.35. The van der Waals surface area contributed by atoms with Crippen LogP contribution >= 0.6 is 23.1 Å². The molecule has 4 aromatic rings. The molecule has 27 heavy (non-hydrogen) atoms. The Hall–Kier alpha value is -2.65. The third-order valence-electron chi connectivity index (χ3n) is 3.97. The SMILES string of the molecule is Cc1ccc(Nc2nnc(SC(C)c3nc(-c4ccco4)no3)s2)cc1C. The van der Waals surface area contributed by atoms with Gasteiger partial charge in [0.25, 0.3) is 0 Å². The predicted octanol–water partition coefficient (Wildman–Crippen LogP) is 5.39. The van der Waals surface area contributed by atoms with E-state index in [0.717, 1.165) is 15.2 Å². The van der Waals surface area contributed by atoms with E-state index in [2.05, 4.69) is 51.6 Å². The van der Waals surface area contributed by atoms with Gasteiger partial charge in [0, 0.05) is 5.69 Å².